The summed E-state index contributed by atoms with van der Waals surface area (Å²) in [5.41, 5.74) is 10.0. The summed E-state index contributed by atoms with van der Waals surface area (Å²) in [6.07, 6.45) is 6.97. The highest BCUT2D eigenvalue weighted by Gasteiger charge is 2.25. The van der Waals surface area contributed by atoms with Crippen LogP contribution in [0, 0.1) is 5.92 Å². The Morgan fingerprint density at radius 3 is 1.06 bits per heavy atom. The van der Waals surface area contributed by atoms with Gasteiger partial charge in [0.05, 0.1) is 0 Å². The van der Waals surface area contributed by atoms with Crippen molar-refractivity contribution in [2.75, 3.05) is 0 Å². The van der Waals surface area contributed by atoms with E-state index in [2.05, 4.69) is 138 Å². The molecule has 0 bridgehead atoms. The SMILES string of the molecule is CC(C)(C)c1cc([C]2C=CC(c3cc(C(C)(C)C)cc(C(C)(C)C)c3)=C2)cc(C(C)(C)C)c1. The van der Waals surface area contributed by atoms with Crippen LogP contribution in [0.25, 0.3) is 5.57 Å². The molecule has 0 amide bonds. The van der Waals surface area contributed by atoms with Gasteiger partial charge in [-0.05, 0) is 60.6 Å². The summed E-state index contributed by atoms with van der Waals surface area (Å²) in [4.78, 5) is 0. The van der Waals surface area contributed by atoms with Gasteiger partial charge in [0, 0.05) is 5.92 Å². The lowest BCUT2D eigenvalue weighted by Crippen LogP contribution is -2.17. The van der Waals surface area contributed by atoms with E-state index in [0.717, 1.165) is 0 Å². The van der Waals surface area contributed by atoms with Gasteiger partial charge in [0.2, 0.25) is 0 Å². The highest BCUT2D eigenvalue weighted by molar-refractivity contribution is 5.82. The van der Waals surface area contributed by atoms with E-state index >= 15 is 0 Å². The molecule has 2 aromatic carbocycles. The Kier molecular flexibility index (Phi) is 6.42. The van der Waals surface area contributed by atoms with E-state index in [1.165, 1.54) is 44.9 Å². The fourth-order valence-corrected chi connectivity index (χ4v) is 4.12. The molecule has 0 aliphatic heterocycles. The van der Waals surface area contributed by atoms with Crippen molar-refractivity contribution >= 4 is 5.57 Å². The van der Waals surface area contributed by atoms with Crippen LogP contribution in [0.4, 0.5) is 0 Å². The highest BCUT2D eigenvalue weighted by Crippen LogP contribution is 2.38. The molecule has 1 radical (unpaired) electrons. The third-order valence-corrected chi connectivity index (χ3v) is 6.75. The molecule has 0 aromatic heterocycles. The van der Waals surface area contributed by atoms with Crippen molar-refractivity contribution in [3.63, 3.8) is 0 Å². The molecular formula is C33H45. The first-order valence-corrected chi connectivity index (χ1v) is 12.5. The minimum atomic E-state index is 0.119. The Labute approximate surface area is 204 Å². The summed E-state index contributed by atoms with van der Waals surface area (Å²) in [5.74, 6) is 1.31. The summed E-state index contributed by atoms with van der Waals surface area (Å²) in [6, 6.07) is 14.4. The van der Waals surface area contributed by atoms with E-state index in [1.54, 1.807) is 0 Å². The van der Waals surface area contributed by atoms with Gasteiger partial charge in [-0.15, -0.1) is 0 Å². The topological polar surface area (TPSA) is 0 Å². The molecule has 0 heteroatoms. The van der Waals surface area contributed by atoms with E-state index in [9.17, 15) is 0 Å². The van der Waals surface area contributed by atoms with Gasteiger partial charge >= 0.3 is 0 Å². The van der Waals surface area contributed by atoms with Crippen LogP contribution in [0.1, 0.15) is 116 Å². The van der Waals surface area contributed by atoms with Crippen molar-refractivity contribution in [3.8, 4) is 0 Å². The monoisotopic (exact) mass is 441 g/mol. The molecule has 177 valence electrons. The summed E-state index contributed by atoms with van der Waals surface area (Å²) in [6.45, 7) is 27.7. The molecule has 0 N–H and O–H groups in total. The molecular weight excluding hydrogens is 396 g/mol. The Balaban J connectivity index is 2.10. The molecule has 0 saturated heterocycles. The second-order valence-corrected chi connectivity index (χ2v) is 14.0. The number of rotatable bonds is 2. The van der Waals surface area contributed by atoms with Crippen LogP contribution >= 0.6 is 0 Å². The molecule has 0 nitrogen and oxygen atoms in total. The number of hydrogen-bond donors (Lipinski definition) is 0. The fourth-order valence-electron chi connectivity index (χ4n) is 4.12. The van der Waals surface area contributed by atoms with Gasteiger partial charge in [-0.3, -0.25) is 0 Å². The van der Waals surface area contributed by atoms with Crippen LogP contribution in [-0.4, -0.2) is 0 Å². The van der Waals surface area contributed by atoms with Crippen LogP contribution in [0.2, 0.25) is 0 Å². The maximum absolute atomic E-state index is 2.40. The zero-order chi connectivity index (χ0) is 25.0. The summed E-state index contributed by atoms with van der Waals surface area (Å²) < 4.78 is 0. The maximum Gasteiger partial charge on any atom is 0.0491 e. The Hall–Kier alpha value is -2.08. The Morgan fingerprint density at radius 1 is 0.394 bits per heavy atom. The van der Waals surface area contributed by atoms with Gasteiger partial charge in [-0.2, -0.15) is 0 Å². The van der Waals surface area contributed by atoms with Gasteiger partial charge in [0.15, 0.2) is 0 Å². The predicted molar refractivity (Wildman–Crippen MR) is 147 cm³/mol. The van der Waals surface area contributed by atoms with Gasteiger partial charge in [-0.1, -0.05) is 138 Å². The first kappa shape index (κ1) is 25.5. The van der Waals surface area contributed by atoms with Crippen LogP contribution in [0.5, 0.6) is 0 Å². The van der Waals surface area contributed by atoms with Crippen LogP contribution in [0.15, 0.2) is 54.6 Å². The number of benzene rings is 2. The molecule has 2 aromatic rings. The minimum absolute atomic E-state index is 0.119. The van der Waals surface area contributed by atoms with E-state index in [0.29, 0.717) is 0 Å². The van der Waals surface area contributed by atoms with Gasteiger partial charge in [0.25, 0.3) is 0 Å². The van der Waals surface area contributed by atoms with Gasteiger partial charge in [-0.25, -0.2) is 0 Å². The first-order chi connectivity index (χ1) is 14.9. The standard InChI is InChI=1S/C33H45/c1-30(2,3)26-16-24(17-27(20-26)31(4,5)6)22-13-14-23(15-22)25-18-28(32(7,8)9)21-29(19-25)33(10,11)12/h13-21H,1-12H3. The number of hydrogen-bond acceptors (Lipinski definition) is 0. The smallest absolute Gasteiger partial charge is 0.0491 e. The van der Waals surface area contributed by atoms with Crippen molar-refractivity contribution in [1.29, 1.82) is 0 Å². The summed E-state index contributed by atoms with van der Waals surface area (Å²) >= 11 is 0. The molecule has 3 rings (SSSR count). The van der Waals surface area contributed by atoms with Crippen LogP contribution in [-0.2, 0) is 21.7 Å². The third kappa shape index (κ3) is 5.89. The normalized spacial score (nSPS) is 15.8. The molecule has 1 aliphatic carbocycles. The van der Waals surface area contributed by atoms with Crippen LogP contribution < -0.4 is 0 Å². The van der Waals surface area contributed by atoms with E-state index in [1.807, 2.05) is 0 Å². The average molecular weight is 442 g/mol. The van der Waals surface area contributed by atoms with E-state index in [-0.39, 0.29) is 21.7 Å². The van der Waals surface area contributed by atoms with Gasteiger partial charge in [0.1, 0.15) is 0 Å². The van der Waals surface area contributed by atoms with Crippen LogP contribution in [0.3, 0.4) is 0 Å². The second kappa shape index (κ2) is 8.30. The molecule has 0 saturated carbocycles. The highest BCUT2D eigenvalue weighted by atomic mass is 14.3. The summed E-state index contributed by atoms with van der Waals surface area (Å²) in [7, 11) is 0. The first-order valence-electron chi connectivity index (χ1n) is 12.5. The summed E-state index contributed by atoms with van der Waals surface area (Å²) in [5, 5.41) is 0. The molecule has 0 atom stereocenters. The van der Waals surface area contributed by atoms with Crippen molar-refractivity contribution in [3.05, 3.63) is 93.9 Å². The fraction of sp³-hybridized carbons (Fsp3) is 0.485. The minimum Gasteiger partial charge on any atom is -0.0680 e. The van der Waals surface area contributed by atoms with E-state index < -0.39 is 0 Å². The van der Waals surface area contributed by atoms with Crippen molar-refractivity contribution in [2.45, 2.75) is 105 Å². The molecule has 0 heterocycles. The van der Waals surface area contributed by atoms with Crippen molar-refractivity contribution in [1.82, 2.24) is 0 Å². The second-order valence-electron chi connectivity index (χ2n) is 14.0. The third-order valence-electron chi connectivity index (χ3n) is 6.75. The lowest BCUT2D eigenvalue weighted by atomic mass is 9.78. The Morgan fingerprint density at radius 2 is 0.727 bits per heavy atom. The quantitative estimate of drug-likeness (QED) is 0.435. The largest absolute Gasteiger partial charge is 0.0680 e. The lowest BCUT2D eigenvalue weighted by Gasteiger charge is -2.27. The Bertz CT molecular complexity index is 1010. The van der Waals surface area contributed by atoms with Crippen molar-refractivity contribution < 1.29 is 0 Å². The van der Waals surface area contributed by atoms with Crippen molar-refractivity contribution in [2.24, 2.45) is 0 Å². The zero-order valence-corrected chi connectivity index (χ0v) is 23.2. The lowest BCUT2D eigenvalue weighted by molar-refractivity contribution is 0.567. The molecule has 0 spiro atoms. The molecule has 33 heavy (non-hydrogen) atoms. The molecule has 0 fully saturated rings. The molecule has 0 unspecified atom stereocenters. The number of allylic oxidation sites excluding steroid dienone is 4. The predicted octanol–water partition coefficient (Wildman–Crippen LogP) is 9.45. The average Bonchev–Trinajstić information content (AvgIpc) is 3.15. The van der Waals surface area contributed by atoms with E-state index in [4.69, 9.17) is 0 Å². The maximum atomic E-state index is 2.40. The molecule has 1 aliphatic rings. The van der Waals surface area contributed by atoms with Gasteiger partial charge < -0.3 is 0 Å². The zero-order valence-electron chi connectivity index (χ0n) is 23.2.